The van der Waals surface area contributed by atoms with Crippen LogP contribution in [0.2, 0.25) is 0 Å². The summed E-state index contributed by atoms with van der Waals surface area (Å²) in [5, 5.41) is 8.49. The van der Waals surface area contributed by atoms with Gasteiger partial charge in [-0.2, -0.15) is 4.98 Å². The van der Waals surface area contributed by atoms with Crippen LogP contribution in [0.5, 0.6) is 11.5 Å². The molecule has 0 amide bonds. The minimum Gasteiger partial charge on any atom is -0.497 e. The maximum Gasteiger partial charge on any atom is 0.258 e. The van der Waals surface area contributed by atoms with E-state index in [1.54, 1.807) is 7.11 Å². The molecule has 0 bridgehead atoms. The molecule has 0 fully saturated rings. The van der Waals surface area contributed by atoms with Gasteiger partial charge < -0.3 is 24.2 Å². The van der Waals surface area contributed by atoms with Crippen LogP contribution in [0.3, 0.4) is 0 Å². The molecule has 0 saturated heterocycles. The van der Waals surface area contributed by atoms with Crippen molar-refractivity contribution in [3.63, 3.8) is 0 Å². The number of benzene rings is 2. The number of hydrogen-bond donors (Lipinski definition) is 1. The summed E-state index contributed by atoms with van der Waals surface area (Å²) in [6.07, 6.45) is 1.01. The summed E-state index contributed by atoms with van der Waals surface area (Å²) in [4.78, 5) is 6.91. The summed E-state index contributed by atoms with van der Waals surface area (Å²) >= 11 is 5.79. The predicted molar refractivity (Wildman–Crippen MR) is 141 cm³/mol. The number of aromatic nitrogens is 2. The third-order valence-electron chi connectivity index (χ3n) is 6.04. The average Bonchev–Trinajstić information content (AvgIpc) is 3.34. The first-order valence-corrected chi connectivity index (χ1v) is 12.3. The number of allylic oxidation sites excluding steroid dienone is 1. The normalized spacial score (nSPS) is 16.0. The van der Waals surface area contributed by atoms with Crippen LogP contribution in [0.1, 0.15) is 51.6 Å². The molecule has 1 unspecified atom stereocenters. The van der Waals surface area contributed by atoms with Gasteiger partial charge in [0.15, 0.2) is 5.11 Å². The van der Waals surface area contributed by atoms with Crippen LogP contribution in [-0.4, -0.2) is 40.4 Å². The lowest BCUT2D eigenvalue weighted by Gasteiger charge is -2.37. The first-order valence-electron chi connectivity index (χ1n) is 11.9. The second-order valence-electron chi connectivity index (χ2n) is 8.87. The molecule has 0 saturated carbocycles. The van der Waals surface area contributed by atoms with Crippen molar-refractivity contribution in [1.29, 1.82) is 0 Å². The molecule has 0 spiro atoms. The molecule has 35 heavy (non-hydrogen) atoms. The van der Waals surface area contributed by atoms with Gasteiger partial charge >= 0.3 is 0 Å². The molecule has 4 rings (SSSR count). The fourth-order valence-corrected chi connectivity index (χ4v) is 4.45. The van der Waals surface area contributed by atoms with E-state index in [2.05, 4.69) is 36.1 Å². The summed E-state index contributed by atoms with van der Waals surface area (Å²) in [5.74, 6) is 3.09. The van der Waals surface area contributed by atoms with Gasteiger partial charge in [0.2, 0.25) is 5.82 Å². The first-order chi connectivity index (χ1) is 16.9. The van der Waals surface area contributed by atoms with Gasteiger partial charge in [-0.15, -0.1) is 0 Å². The molecule has 1 aliphatic rings. The zero-order valence-corrected chi connectivity index (χ0v) is 21.7. The highest BCUT2D eigenvalue weighted by Gasteiger charge is 2.34. The molecule has 1 aliphatic heterocycles. The Morgan fingerprint density at radius 2 is 1.91 bits per heavy atom. The number of nitrogens with one attached hydrogen (secondary N) is 1. The number of ether oxygens (including phenoxy) is 2. The second kappa shape index (κ2) is 10.9. The third-order valence-corrected chi connectivity index (χ3v) is 6.37. The van der Waals surface area contributed by atoms with Gasteiger partial charge in [-0.3, -0.25) is 0 Å². The number of thiocarbonyl (C=S) groups is 1. The fraction of sp³-hybridized carbons (Fsp3) is 0.370. The summed E-state index contributed by atoms with van der Waals surface area (Å²) < 4.78 is 16.8. The van der Waals surface area contributed by atoms with E-state index in [4.69, 9.17) is 31.2 Å². The Kier molecular flexibility index (Phi) is 7.70. The van der Waals surface area contributed by atoms with Crippen LogP contribution in [0.25, 0.3) is 17.0 Å². The van der Waals surface area contributed by atoms with Crippen molar-refractivity contribution in [3.05, 3.63) is 65.7 Å². The Hall–Kier alpha value is -3.39. The highest BCUT2D eigenvalue weighted by Crippen LogP contribution is 2.38. The molecular weight excluding hydrogens is 460 g/mol. The van der Waals surface area contributed by atoms with Gasteiger partial charge in [-0.25, -0.2) is 0 Å². The third kappa shape index (κ3) is 5.48. The molecule has 0 radical (unpaired) electrons. The lowest BCUT2D eigenvalue weighted by molar-refractivity contribution is 0.340. The van der Waals surface area contributed by atoms with Crippen LogP contribution in [-0.2, 0) is 0 Å². The van der Waals surface area contributed by atoms with Gasteiger partial charge in [0.1, 0.15) is 11.5 Å². The Balaban J connectivity index is 1.76. The van der Waals surface area contributed by atoms with Crippen molar-refractivity contribution in [2.24, 2.45) is 5.92 Å². The molecule has 2 aromatic carbocycles. The molecule has 7 nitrogen and oxygen atoms in total. The van der Waals surface area contributed by atoms with Crippen molar-refractivity contribution < 1.29 is 14.0 Å². The van der Waals surface area contributed by atoms with E-state index in [9.17, 15) is 0 Å². The first kappa shape index (κ1) is 24.7. The Labute approximate surface area is 212 Å². The van der Waals surface area contributed by atoms with Crippen LogP contribution in [0, 0.1) is 5.92 Å². The molecule has 184 valence electrons. The zero-order chi connectivity index (χ0) is 24.9. The van der Waals surface area contributed by atoms with Crippen molar-refractivity contribution in [1.82, 2.24) is 20.4 Å². The van der Waals surface area contributed by atoms with E-state index < -0.39 is 0 Å². The van der Waals surface area contributed by atoms with Gasteiger partial charge in [-0.1, -0.05) is 43.3 Å². The van der Waals surface area contributed by atoms with Crippen molar-refractivity contribution in [2.45, 2.75) is 40.2 Å². The lowest BCUT2D eigenvalue weighted by atomic mass is 9.94. The number of methoxy groups -OCH3 is 1. The largest absolute Gasteiger partial charge is 0.497 e. The molecule has 3 aromatic rings. The number of rotatable bonds is 9. The van der Waals surface area contributed by atoms with Crippen molar-refractivity contribution in [2.75, 3.05) is 20.3 Å². The van der Waals surface area contributed by atoms with Crippen molar-refractivity contribution >= 4 is 22.9 Å². The molecule has 2 heterocycles. The SMILES string of the molecule is CCOc1ccc(C2NC(=S)N(CCC(C)C)C(C)=C2c2nc(-c3cccc(OC)c3)no2)cc1. The summed E-state index contributed by atoms with van der Waals surface area (Å²) in [5.41, 5.74) is 3.78. The summed E-state index contributed by atoms with van der Waals surface area (Å²) in [7, 11) is 1.64. The minimum absolute atomic E-state index is 0.230. The van der Waals surface area contributed by atoms with E-state index in [0.717, 1.165) is 46.9 Å². The van der Waals surface area contributed by atoms with Crippen LogP contribution in [0.4, 0.5) is 0 Å². The van der Waals surface area contributed by atoms with E-state index >= 15 is 0 Å². The van der Waals surface area contributed by atoms with Gasteiger partial charge in [-0.05, 0) is 68.2 Å². The van der Waals surface area contributed by atoms with Crippen LogP contribution in [0.15, 0.2) is 58.8 Å². The predicted octanol–water partition coefficient (Wildman–Crippen LogP) is 5.85. The van der Waals surface area contributed by atoms with Crippen LogP contribution >= 0.6 is 12.2 Å². The average molecular weight is 493 g/mol. The Morgan fingerprint density at radius 3 is 2.60 bits per heavy atom. The molecular formula is C27H32N4O3S. The fourth-order valence-electron chi connectivity index (χ4n) is 4.10. The van der Waals surface area contributed by atoms with E-state index in [1.807, 2.05) is 55.5 Å². The van der Waals surface area contributed by atoms with Gasteiger partial charge in [0, 0.05) is 17.8 Å². The van der Waals surface area contributed by atoms with E-state index in [1.165, 1.54) is 0 Å². The van der Waals surface area contributed by atoms with Gasteiger partial charge in [0.05, 0.1) is 25.3 Å². The summed E-state index contributed by atoms with van der Waals surface area (Å²) in [6.45, 7) is 9.89. The standard InChI is InChI=1S/C27H32N4O3S/c1-6-33-21-12-10-19(11-13-21)24-23(18(4)31(27(35)28-24)15-14-17(2)3)26-29-25(30-34-26)20-8-7-9-22(16-20)32-5/h7-13,16-17,24H,6,14-15H2,1-5H3,(H,28,35). The smallest absolute Gasteiger partial charge is 0.258 e. The molecule has 1 atom stereocenters. The van der Waals surface area contributed by atoms with E-state index in [-0.39, 0.29) is 6.04 Å². The molecule has 1 N–H and O–H groups in total. The van der Waals surface area contributed by atoms with Gasteiger partial charge in [0.25, 0.3) is 5.89 Å². The summed E-state index contributed by atoms with van der Waals surface area (Å²) in [6, 6.07) is 15.4. The quantitative estimate of drug-likeness (QED) is 0.373. The molecule has 0 aliphatic carbocycles. The topological polar surface area (TPSA) is 72.7 Å². The van der Waals surface area contributed by atoms with Crippen LogP contribution < -0.4 is 14.8 Å². The highest BCUT2D eigenvalue weighted by molar-refractivity contribution is 7.80. The monoisotopic (exact) mass is 492 g/mol. The van der Waals surface area contributed by atoms with Crippen molar-refractivity contribution in [3.8, 4) is 22.9 Å². The Bertz CT molecular complexity index is 1200. The Morgan fingerprint density at radius 1 is 1.14 bits per heavy atom. The number of hydrogen-bond acceptors (Lipinski definition) is 6. The molecule has 1 aromatic heterocycles. The minimum atomic E-state index is -0.230. The second-order valence-corrected chi connectivity index (χ2v) is 9.26. The maximum absolute atomic E-state index is 5.83. The lowest BCUT2D eigenvalue weighted by Crippen LogP contribution is -2.46. The molecule has 8 heteroatoms. The zero-order valence-electron chi connectivity index (χ0n) is 20.9. The number of nitrogens with zero attached hydrogens (tertiary/aromatic N) is 3. The highest BCUT2D eigenvalue weighted by atomic mass is 32.1. The maximum atomic E-state index is 5.83. The van der Waals surface area contributed by atoms with E-state index in [0.29, 0.717) is 29.4 Å².